The maximum Gasteiger partial charge on any atom is 0.408 e. The number of carbonyl (C=O) groups is 8. The number of amides is 7. The van der Waals surface area contributed by atoms with E-state index in [1.807, 2.05) is 109 Å². The van der Waals surface area contributed by atoms with Crippen molar-refractivity contribution in [3.05, 3.63) is 180 Å². The minimum Gasteiger partial charge on any atom is -0.461 e. The van der Waals surface area contributed by atoms with Crippen LogP contribution in [0.5, 0.6) is 0 Å². The lowest BCUT2D eigenvalue weighted by Crippen LogP contribution is -2.62. The maximum atomic E-state index is 15.2. The van der Waals surface area contributed by atoms with E-state index in [0.717, 1.165) is 27.6 Å². The summed E-state index contributed by atoms with van der Waals surface area (Å²) in [7, 11) is 0. The molecule has 6 unspecified atom stereocenters. The smallest absolute Gasteiger partial charge is 0.408 e. The number of aromatic amines is 1. The van der Waals surface area contributed by atoms with E-state index in [2.05, 4.69) is 42.2 Å². The first-order valence-corrected chi connectivity index (χ1v) is 30.5. The Morgan fingerprint density at radius 2 is 1.02 bits per heavy atom. The van der Waals surface area contributed by atoms with E-state index in [0.29, 0.717) is 36.8 Å². The molecular weight excluding hydrogens is 1130 g/mol. The number of hydrogen-bond donors (Lipinski definition) is 8. The zero-order chi connectivity index (χ0) is 63.9. The summed E-state index contributed by atoms with van der Waals surface area (Å²) in [5.74, 6) is -4.67. The van der Waals surface area contributed by atoms with Crippen LogP contribution in [0.1, 0.15) is 115 Å². The summed E-state index contributed by atoms with van der Waals surface area (Å²) < 4.78 is 23.1. The molecule has 6 aromatic rings. The van der Waals surface area contributed by atoms with E-state index in [1.165, 1.54) is 0 Å². The fourth-order valence-corrected chi connectivity index (χ4v) is 10.6. The lowest BCUT2D eigenvalue weighted by Gasteiger charge is -2.33. The first kappa shape index (κ1) is 67.5. The SMILES string of the molecule is CC(OC(C)(C)C)C(NC(=O)C(CCCCNC(=O)OC(C)(C)C)NC(=O)C(Cc1c[nH]c2ccccc12)NC(=O)C(Cc1ccccc1)NC(=O)OCc1ccccc1)C(=O)NC(Cc1ccccc1)C(=O)N[C@@H]1CCC[C@@H]1C(=O)OCc1ccccc1. The van der Waals surface area contributed by atoms with Crippen LogP contribution in [-0.4, -0.2) is 113 Å². The molecule has 20 nitrogen and oxygen atoms in total. The highest BCUT2D eigenvalue weighted by molar-refractivity contribution is 5.97. The van der Waals surface area contributed by atoms with Crippen molar-refractivity contribution in [2.45, 2.75) is 173 Å². The van der Waals surface area contributed by atoms with Crippen LogP contribution >= 0.6 is 0 Å². The lowest BCUT2D eigenvalue weighted by atomic mass is 10.0. The van der Waals surface area contributed by atoms with Crippen molar-refractivity contribution in [3.63, 3.8) is 0 Å². The first-order valence-electron chi connectivity index (χ1n) is 30.5. The van der Waals surface area contributed by atoms with Gasteiger partial charge < -0.3 is 61.1 Å². The third-order valence-corrected chi connectivity index (χ3v) is 14.9. The van der Waals surface area contributed by atoms with E-state index >= 15 is 14.4 Å². The highest BCUT2D eigenvalue weighted by Gasteiger charge is 2.40. The van der Waals surface area contributed by atoms with Gasteiger partial charge in [-0.05, 0) is 114 Å². The molecule has 1 fully saturated rings. The Bertz CT molecular complexity index is 3280. The summed E-state index contributed by atoms with van der Waals surface area (Å²) in [5.41, 5.74) is 2.83. The van der Waals surface area contributed by atoms with Gasteiger partial charge in [0.1, 0.15) is 49.0 Å². The van der Waals surface area contributed by atoms with Gasteiger partial charge in [-0.3, -0.25) is 28.8 Å². The van der Waals surface area contributed by atoms with Crippen LogP contribution < -0.4 is 37.2 Å². The zero-order valence-electron chi connectivity index (χ0n) is 51.9. The molecule has 474 valence electrons. The number of fused-ring (bicyclic) bond motifs is 1. The monoisotopic (exact) mass is 1220 g/mol. The number of rotatable bonds is 29. The van der Waals surface area contributed by atoms with Crippen LogP contribution in [0, 0.1) is 5.92 Å². The van der Waals surface area contributed by atoms with Crippen LogP contribution in [-0.2, 0) is 80.2 Å². The van der Waals surface area contributed by atoms with Crippen LogP contribution in [0.3, 0.4) is 0 Å². The fraction of sp³-hybridized carbons (Fsp3) is 0.420. The summed E-state index contributed by atoms with van der Waals surface area (Å²) in [6.45, 7) is 12.4. The lowest BCUT2D eigenvalue weighted by molar-refractivity contribution is -0.150. The van der Waals surface area contributed by atoms with Crippen molar-refractivity contribution in [1.29, 1.82) is 0 Å². The number of H-pyrrole nitrogens is 1. The van der Waals surface area contributed by atoms with Gasteiger partial charge in [-0.15, -0.1) is 0 Å². The van der Waals surface area contributed by atoms with Crippen molar-refractivity contribution in [2.75, 3.05) is 6.54 Å². The van der Waals surface area contributed by atoms with Gasteiger partial charge in [0.25, 0.3) is 0 Å². The highest BCUT2D eigenvalue weighted by Crippen LogP contribution is 2.28. The molecule has 1 aromatic heterocycles. The molecule has 1 aliphatic rings. The van der Waals surface area contributed by atoms with Crippen molar-refractivity contribution in [1.82, 2.24) is 42.2 Å². The minimum absolute atomic E-state index is 0.0218. The van der Waals surface area contributed by atoms with Crippen molar-refractivity contribution in [2.24, 2.45) is 5.92 Å². The Balaban J connectivity index is 1.16. The summed E-state index contributed by atoms with van der Waals surface area (Å²) in [6.07, 6.45) is 1.42. The maximum absolute atomic E-state index is 15.2. The van der Waals surface area contributed by atoms with Gasteiger partial charge in [-0.1, -0.05) is 146 Å². The van der Waals surface area contributed by atoms with E-state index in [4.69, 9.17) is 18.9 Å². The Hall–Kier alpha value is -9.04. The number of hydrogen-bond acceptors (Lipinski definition) is 12. The van der Waals surface area contributed by atoms with E-state index < -0.39 is 107 Å². The third kappa shape index (κ3) is 22.3. The molecule has 0 saturated heterocycles. The number of ether oxygens (including phenoxy) is 4. The largest absolute Gasteiger partial charge is 0.461 e. The molecule has 0 bridgehead atoms. The highest BCUT2D eigenvalue weighted by atomic mass is 16.6. The molecule has 0 radical (unpaired) electrons. The average molecular weight is 1220 g/mol. The summed E-state index contributed by atoms with van der Waals surface area (Å²) in [6, 6.07) is 36.7. The van der Waals surface area contributed by atoms with Gasteiger partial charge in [0.2, 0.25) is 29.5 Å². The van der Waals surface area contributed by atoms with E-state index in [1.54, 1.807) is 91.1 Å². The number of alkyl carbamates (subject to hydrolysis) is 2. The van der Waals surface area contributed by atoms with Crippen LogP contribution in [0.15, 0.2) is 152 Å². The molecule has 8 N–H and O–H groups in total. The van der Waals surface area contributed by atoms with Gasteiger partial charge in [-0.25, -0.2) is 9.59 Å². The Morgan fingerprint density at radius 3 is 1.61 bits per heavy atom. The third-order valence-electron chi connectivity index (χ3n) is 14.9. The number of carbonyl (C=O) groups excluding carboxylic acids is 8. The number of esters is 1. The standard InChI is InChI=1S/C69H86N8O12/c1-45(88-68(2,3)4)59(64(82)75-56(39-46-25-12-8-13-26-46)61(79)72-54-37-24-34-52(54)65(83)86-43-48-29-16-10-17-30-48)77-60(78)55(36-22-23-38-70-66(84)89-69(5,6)7)73-63(81)58(41-50-42-71-53-35-21-20-33-51(50)53)74-62(80)57(40-47-27-14-9-15-28-47)76-67(85)87-44-49-31-18-11-19-32-49/h8-21,25-33,35,42,45,52,54-59,71H,22-24,34,36-41,43-44H2,1-7H3,(H,70,84)(H,72,79)(H,73,81)(H,74,80)(H,75,82)(H,76,85)(H,77,78)/t45?,52-,54+,55?,56?,57?,58?,59?/m0/s1. The number of para-hydroxylation sites is 1. The molecule has 0 spiro atoms. The molecule has 5 aromatic carbocycles. The number of aromatic nitrogens is 1. The van der Waals surface area contributed by atoms with E-state index in [-0.39, 0.29) is 51.9 Å². The second-order valence-corrected chi connectivity index (χ2v) is 24.5. The van der Waals surface area contributed by atoms with Gasteiger partial charge in [-0.2, -0.15) is 0 Å². The average Bonchev–Trinajstić information content (AvgIpc) is 2.66. The van der Waals surface area contributed by atoms with Crippen molar-refractivity contribution in [3.8, 4) is 0 Å². The predicted molar refractivity (Wildman–Crippen MR) is 337 cm³/mol. The van der Waals surface area contributed by atoms with Crippen LogP contribution in [0.25, 0.3) is 10.9 Å². The van der Waals surface area contributed by atoms with E-state index in [9.17, 15) is 24.0 Å². The van der Waals surface area contributed by atoms with Gasteiger partial charge in [0.05, 0.1) is 17.6 Å². The molecule has 1 aliphatic carbocycles. The fourth-order valence-electron chi connectivity index (χ4n) is 10.6. The van der Waals surface area contributed by atoms with Gasteiger partial charge in [0.15, 0.2) is 0 Å². The first-order chi connectivity index (χ1) is 42.6. The summed E-state index contributed by atoms with van der Waals surface area (Å²) >= 11 is 0. The molecule has 7 rings (SSSR count). The molecule has 89 heavy (non-hydrogen) atoms. The number of benzene rings is 5. The van der Waals surface area contributed by atoms with Crippen molar-refractivity contribution >= 4 is 58.6 Å². The normalized spacial score (nSPS) is 16.0. The summed E-state index contributed by atoms with van der Waals surface area (Å²) in [5, 5.41) is 20.8. The zero-order valence-corrected chi connectivity index (χ0v) is 51.9. The molecular formula is C69H86N8O12. The number of nitrogens with one attached hydrogen (secondary N) is 8. The van der Waals surface area contributed by atoms with Crippen LogP contribution in [0.2, 0.25) is 0 Å². The Morgan fingerprint density at radius 1 is 0.517 bits per heavy atom. The molecule has 1 heterocycles. The van der Waals surface area contributed by atoms with Crippen molar-refractivity contribution < 1.29 is 57.3 Å². The molecule has 8 atom stereocenters. The van der Waals surface area contributed by atoms with Crippen LogP contribution in [0.4, 0.5) is 9.59 Å². The second kappa shape index (κ2) is 32.8. The molecule has 20 heteroatoms. The van der Waals surface area contributed by atoms with Gasteiger partial charge >= 0.3 is 18.2 Å². The molecule has 1 saturated carbocycles. The van der Waals surface area contributed by atoms with Gasteiger partial charge in [0, 0.05) is 48.9 Å². The molecule has 7 amide bonds. The number of unbranched alkanes of at least 4 members (excludes halogenated alkanes) is 1. The Labute approximate surface area is 521 Å². The second-order valence-electron chi connectivity index (χ2n) is 24.5. The topological polar surface area (TPSA) is 273 Å². The molecule has 0 aliphatic heterocycles. The predicted octanol–water partition coefficient (Wildman–Crippen LogP) is 8.36. The Kier molecular flexibility index (Phi) is 24.9. The minimum atomic E-state index is -1.47. The summed E-state index contributed by atoms with van der Waals surface area (Å²) in [4.78, 5) is 118. The quantitative estimate of drug-likeness (QED) is 0.0125.